The highest BCUT2D eigenvalue weighted by Crippen LogP contribution is 2.20. The van der Waals surface area contributed by atoms with Crippen LogP contribution in [0, 0.1) is 0 Å². The summed E-state index contributed by atoms with van der Waals surface area (Å²) in [7, 11) is 1.60. The molecule has 4 nitrogen and oxygen atoms in total. The highest BCUT2D eigenvalue weighted by molar-refractivity contribution is 5.98. The van der Waals surface area contributed by atoms with Crippen molar-refractivity contribution in [1.29, 1.82) is 0 Å². The minimum absolute atomic E-state index is 0.0633. The maximum atomic E-state index is 12.1. The number of carbonyl (C=O) groups excluding carboxylic acids is 1. The number of rotatable bonds is 5. The van der Waals surface area contributed by atoms with Crippen molar-refractivity contribution in [2.45, 2.75) is 0 Å². The maximum Gasteiger partial charge on any atom is 0.235 e. The van der Waals surface area contributed by atoms with Crippen molar-refractivity contribution in [3.63, 3.8) is 0 Å². The van der Waals surface area contributed by atoms with E-state index in [1.165, 1.54) is 0 Å². The Labute approximate surface area is 121 Å². The molecule has 2 aromatic carbocycles. The fourth-order valence-electron chi connectivity index (χ4n) is 2.01. The summed E-state index contributed by atoms with van der Waals surface area (Å²) in [5, 5.41) is 0.908. The van der Waals surface area contributed by atoms with Gasteiger partial charge in [-0.25, -0.2) is 0 Å². The summed E-state index contributed by atoms with van der Waals surface area (Å²) in [5.41, 5.74) is 0.699. The average molecular weight is 282 g/mol. The highest BCUT2D eigenvalue weighted by atomic mass is 16.5. The summed E-state index contributed by atoms with van der Waals surface area (Å²) >= 11 is 0. The number of Topliss-reactive ketones (excluding diaryl/α,β-unsaturated/α-hetero) is 1. The number of fused-ring (bicyclic) bond motifs is 1. The lowest BCUT2D eigenvalue weighted by Crippen LogP contribution is -2.10. The second kappa shape index (κ2) is 5.71. The largest absolute Gasteiger partial charge is 0.497 e. The van der Waals surface area contributed by atoms with Crippen LogP contribution in [0.15, 0.2) is 59.0 Å². The van der Waals surface area contributed by atoms with Gasteiger partial charge in [0.1, 0.15) is 17.1 Å². The number of furan rings is 1. The molecule has 0 saturated carbocycles. The van der Waals surface area contributed by atoms with Gasteiger partial charge in [0.2, 0.25) is 5.78 Å². The molecule has 0 aliphatic heterocycles. The summed E-state index contributed by atoms with van der Waals surface area (Å²) in [6.07, 6.45) is 0. The Morgan fingerprint density at radius 3 is 2.48 bits per heavy atom. The third kappa shape index (κ3) is 2.89. The fourth-order valence-corrected chi connectivity index (χ4v) is 2.01. The Balaban J connectivity index is 1.68. The van der Waals surface area contributed by atoms with E-state index in [0.29, 0.717) is 17.1 Å². The molecule has 3 aromatic rings. The Morgan fingerprint density at radius 1 is 1.05 bits per heavy atom. The SMILES string of the molecule is COc1ccc(OCC(=O)c2cc3ccccc3o2)cc1. The molecule has 106 valence electrons. The van der Waals surface area contributed by atoms with Crippen molar-refractivity contribution >= 4 is 16.8 Å². The van der Waals surface area contributed by atoms with Gasteiger partial charge >= 0.3 is 0 Å². The molecule has 1 heterocycles. The minimum atomic E-state index is -0.193. The average Bonchev–Trinajstić information content (AvgIpc) is 2.97. The maximum absolute atomic E-state index is 12.1. The first kappa shape index (κ1) is 13.2. The molecule has 0 fully saturated rings. The second-order valence-electron chi connectivity index (χ2n) is 4.54. The Kier molecular flexibility index (Phi) is 3.60. The summed E-state index contributed by atoms with van der Waals surface area (Å²) < 4.78 is 16.0. The number of carbonyl (C=O) groups is 1. The zero-order chi connectivity index (χ0) is 14.7. The van der Waals surface area contributed by atoms with Crippen LogP contribution in [-0.4, -0.2) is 19.5 Å². The number of hydrogen-bond acceptors (Lipinski definition) is 4. The number of para-hydroxylation sites is 1. The molecule has 0 aliphatic carbocycles. The third-order valence-electron chi connectivity index (χ3n) is 3.13. The first-order valence-electron chi connectivity index (χ1n) is 6.55. The van der Waals surface area contributed by atoms with E-state index in [-0.39, 0.29) is 12.4 Å². The lowest BCUT2D eigenvalue weighted by molar-refractivity contribution is 0.0896. The van der Waals surface area contributed by atoms with E-state index in [1.54, 1.807) is 37.4 Å². The van der Waals surface area contributed by atoms with Gasteiger partial charge in [-0.3, -0.25) is 4.79 Å². The van der Waals surface area contributed by atoms with Crippen LogP contribution >= 0.6 is 0 Å². The van der Waals surface area contributed by atoms with Crippen molar-refractivity contribution < 1.29 is 18.7 Å². The Bertz CT molecular complexity index is 723. The molecule has 0 aliphatic rings. The van der Waals surface area contributed by atoms with Crippen molar-refractivity contribution in [3.05, 3.63) is 60.4 Å². The topological polar surface area (TPSA) is 48.7 Å². The normalized spacial score (nSPS) is 10.5. The number of benzene rings is 2. The van der Waals surface area contributed by atoms with Gasteiger partial charge in [-0.2, -0.15) is 0 Å². The number of hydrogen-bond donors (Lipinski definition) is 0. The molecule has 21 heavy (non-hydrogen) atoms. The minimum Gasteiger partial charge on any atom is -0.497 e. The molecule has 0 bridgehead atoms. The van der Waals surface area contributed by atoms with Crippen LogP contribution in [0.3, 0.4) is 0 Å². The highest BCUT2D eigenvalue weighted by Gasteiger charge is 2.12. The van der Waals surface area contributed by atoms with E-state index in [9.17, 15) is 4.79 Å². The second-order valence-corrected chi connectivity index (χ2v) is 4.54. The van der Waals surface area contributed by atoms with Crippen LogP contribution in [-0.2, 0) is 0 Å². The zero-order valence-corrected chi connectivity index (χ0v) is 11.5. The van der Waals surface area contributed by atoms with Gasteiger partial charge in [0.15, 0.2) is 12.4 Å². The van der Waals surface area contributed by atoms with Crippen LogP contribution in [0.5, 0.6) is 11.5 Å². The molecule has 0 spiro atoms. The van der Waals surface area contributed by atoms with Crippen molar-refractivity contribution in [3.8, 4) is 11.5 Å². The summed E-state index contributed by atoms with van der Waals surface area (Å²) in [4.78, 5) is 12.1. The van der Waals surface area contributed by atoms with Crippen LogP contribution in [0.4, 0.5) is 0 Å². The Morgan fingerprint density at radius 2 is 1.76 bits per heavy atom. The van der Waals surface area contributed by atoms with Gasteiger partial charge in [0.25, 0.3) is 0 Å². The molecular formula is C17H14O4. The van der Waals surface area contributed by atoms with E-state index in [0.717, 1.165) is 11.1 Å². The molecule has 0 amide bonds. The standard InChI is InChI=1S/C17H14O4/c1-19-13-6-8-14(9-7-13)20-11-15(18)17-10-12-4-2-3-5-16(12)21-17/h2-10H,11H2,1H3. The molecule has 4 heteroatoms. The van der Waals surface area contributed by atoms with E-state index < -0.39 is 0 Å². The van der Waals surface area contributed by atoms with Crippen molar-refractivity contribution in [1.82, 2.24) is 0 Å². The number of methoxy groups -OCH3 is 1. The Hall–Kier alpha value is -2.75. The predicted octanol–water partition coefficient (Wildman–Crippen LogP) is 3.70. The van der Waals surface area contributed by atoms with Crippen LogP contribution < -0.4 is 9.47 Å². The number of ketones is 1. The van der Waals surface area contributed by atoms with Gasteiger partial charge in [0.05, 0.1) is 7.11 Å². The fraction of sp³-hybridized carbons (Fsp3) is 0.118. The lowest BCUT2D eigenvalue weighted by Gasteiger charge is -2.05. The van der Waals surface area contributed by atoms with E-state index in [4.69, 9.17) is 13.9 Å². The monoisotopic (exact) mass is 282 g/mol. The van der Waals surface area contributed by atoms with Crippen molar-refractivity contribution in [2.24, 2.45) is 0 Å². The summed E-state index contributed by atoms with van der Waals surface area (Å²) in [6, 6.07) is 16.3. The quantitative estimate of drug-likeness (QED) is 0.669. The smallest absolute Gasteiger partial charge is 0.235 e. The number of ether oxygens (including phenoxy) is 2. The van der Waals surface area contributed by atoms with E-state index >= 15 is 0 Å². The van der Waals surface area contributed by atoms with Gasteiger partial charge in [-0.1, -0.05) is 18.2 Å². The van der Waals surface area contributed by atoms with Gasteiger partial charge in [0, 0.05) is 5.39 Å². The first-order chi connectivity index (χ1) is 10.3. The zero-order valence-electron chi connectivity index (χ0n) is 11.5. The molecular weight excluding hydrogens is 268 g/mol. The molecule has 0 radical (unpaired) electrons. The molecule has 0 atom stereocenters. The van der Waals surface area contributed by atoms with E-state index in [2.05, 4.69) is 0 Å². The molecule has 0 saturated heterocycles. The molecule has 3 rings (SSSR count). The van der Waals surface area contributed by atoms with Crippen LogP contribution in [0.2, 0.25) is 0 Å². The first-order valence-corrected chi connectivity index (χ1v) is 6.55. The van der Waals surface area contributed by atoms with E-state index in [1.807, 2.05) is 24.3 Å². The summed E-state index contributed by atoms with van der Waals surface area (Å²) in [6.45, 7) is -0.0633. The summed E-state index contributed by atoms with van der Waals surface area (Å²) in [5.74, 6) is 1.47. The van der Waals surface area contributed by atoms with Crippen LogP contribution in [0.25, 0.3) is 11.0 Å². The lowest BCUT2D eigenvalue weighted by atomic mass is 10.2. The molecule has 0 N–H and O–H groups in total. The molecule has 0 unspecified atom stereocenters. The molecule has 1 aromatic heterocycles. The van der Waals surface area contributed by atoms with Gasteiger partial charge < -0.3 is 13.9 Å². The van der Waals surface area contributed by atoms with Crippen LogP contribution in [0.1, 0.15) is 10.6 Å². The van der Waals surface area contributed by atoms with Gasteiger partial charge in [-0.05, 0) is 36.4 Å². The predicted molar refractivity (Wildman–Crippen MR) is 79.0 cm³/mol. The van der Waals surface area contributed by atoms with Gasteiger partial charge in [-0.15, -0.1) is 0 Å². The third-order valence-corrected chi connectivity index (χ3v) is 3.13. The van der Waals surface area contributed by atoms with Crippen molar-refractivity contribution in [2.75, 3.05) is 13.7 Å².